The summed E-state index contributed by atoms with van der Waals surface area (Å²) in [5.41, 5.74) is 0. The van der Waals surface area contributed by atoms with Crippen molar-refractivity contribution in [3.63, 3.8) is 0 Å². The molecule has 1 aliphatic rings. The second-order valence-electron chi connectivity index (χ2n) is 16.3. The lowest BCUT2D eigenvalue weighted by molar-refractivity contribution is -0.220. The van der Waals surface area contributed by atoms with Crippen LogP contribution in [-0.2, 0) is 32.7 Å². The molecule has 63 heavy (non-hydrogen) atoms. The second kappa shape index (κ2) is 38.5. The topological polar surface area (TPSA) is 210 Å². The molecule has 0 aromatic carbocycles. The van der Waals surface area contributed by atoms with Crippen molar-refractivity contribution in [2.24, 2.45) is 0 Å². The maximum absolute atomic E-state index is 12.8. The van der Waals surface area contributed by atoms with Gasteiger partial charge in [0.1, 0.15) is 43.2 Å². The van der Waals surface area contributed by atoms with E-state index in [-0.39, 0.29) is 6.42 Å². The van der Waals surface area contributed by atoms with E-state index in [1.807, 2.05) is 6.08 Å². The maximum Gasteiger partial charge on any atom is 0.472 e. The number of hydrogen-bond donors (Lipinski definition) is 6. The first kappa shape index (κ1) is 58.3. The molecule has 1 fully saturated rings. The lowest BCUT2D eigenvalue weighted by Gasteiger charge is -2.41. The van der Waals surface area contributed by atoms with Crippen molar-refractivity contribution in [1.82, 2.24) is 0 Å². The summed E-state index contributed by atoms with van der Waals surface area (Å²) in [6.07, 6.45) is 35.9. The zero-order valence-electron chi connectivity index (χ0n) is 38.3. The SMILES string of the molecule is CCCCC/C=C/C/C=C/C/C=C/C/C=C/CCCCCC(=O)OC[C@@H](COP(=O)(O)OC1C(O)C(O)C(O)[C@H](O)C1O)OC(=O)/C=C/C=C/CCCCCCCCCCCCC. The van der Waals surface area contributed by atoms with E-state index in [2.05, 4.69) is 62.5 Å². The van der Waals surface area contributed by atoms with Gasteiger partial charge >= 0.3 is 19.8 Å². The van der Waals surface area contributed by atoms with E-state index in [0.29, 0.717) is 6.42 Å². The molecule has 362 valence electrons. The first-order valence-corrected chi connectivity index (χ1v) is 25.3. The van der Waals surface area contributed by atoms with Crippen molar-refractivity contribution < 1.29 is 63.1 Å². The average Bonchev–Trinajstić information content (AvgIpc) is 3.26. The highest BCUT2D eigenvalue weighted by Gasteiger charge is 2.51. The predicted molar refractivity (Wildman–Crippen MR) is 249 cm³/mol. The molecule has 0 aromatic rings. The zero-order valence-corrected chi connectivity index (χ0v) is 39.2. The Morgan fingerprint density at radius 2 is 0.968 bits per heavy atom. The highest BCUT2D eigenvalue weighted by molar-refractivity contribution is 7.47. The monoisotopic (exact) mass is 911 g/mol. The number of carbonyl (C=O) groups excluding carboxylic acids is 2. The normalized spacial score (nSPS) is 22.3. The van der Waals surface area contributed by atoms with E-state index < -0.39 is 75.7 Å². The molecule has 0 spiro atoms. The van der Waals surface area contributed by atoms with Gasteiger partial charge in [-0.2, -0.15) is 0 Å². The number of unbranched alkanes of at least 4 members (excludes halogenated alkanes) is 17. The van der Waals surface area contributed by atoms with Crippen LogP contribution in [0.3, 0.4) is 0 Å². The number of hydrogen-bond acceptors (Lipinski definition) is 12. The van der Waals surface area contributed by atoms with Gasteiger partial charge in [-0.25, -0.2) is 9.36 Å². The molecule has 6 unspecified atom stereocenters. The zero-order chi connectivity index (χ0) is 46.4. The molecule has 1 aliphatic carbocycles. The molecule has 1 rings (SSSR count). The Bertz CT molecular complexity index is 1380. The third-order valence-electron chi connectivity index (χ3n) is 10.6. The van der Waals surface area contributed by atoms with Crippen molar-refractivity contribution in [3.8, 4) is 0 Å². The highest BCUT2D eigenvalue weighted by Crippen LogP contribution is 2.47. The Hall–Kier alpha value is -2.71. The quantitative estimate of drug-likeness (QED) is 0.00853. The molecule has 0 heterocycles. The van der Waals surface area contributed by atoms with Crippen LogP contribution in [-0.4, -0.2) is 98.3 Å². The Morgan fingerprint density at radius 1 is 0.540 bits per heavy atom. The molecule has 6 N–H and O–H groups in total. The third-order valence-corrected chi connectivity index (χ3v) is 11.6. The molecule has 1 saturated carbocycles. The van der Waals surface area contributed by atoms with Gasteiger partial charge in [0, 0.05) is 12.5 Å². The van der Waals surface area contributed by atoms with Gasteiger partial charge in [0.15, 0.2) is 6.10 Å². The maximum atomic E-state index is 12.8. The van der Waals surface area contributed by atoms with E-state index in [9.17, 15) is 44.6 Å². The lowest BCUT2D eigenvalue weighted by atomic mass is 9.85. The highest BCUT2D eigenvalue weighted by atomic mass is 31.2. The minimum Gasteiger partial charge on any atom is -0.462 e. The number of aliphatic hydroxyl groups is 5. The number of esters is 2. The number of aliphatic hydroxyl groups excluding tert-OH is 5. The summed E-state index contributed by atoms with van der Waals surface area (Å²) in [5, 5.41) is 50.1. The van der Waals surface area contributed by atoms with Crippen LogP contribution in [0.4, 0.5) is 0 Å². The van der Waals surface area contributed by atoms with E-state index in [1.165, 1.54) is 83.1 Å². The summed E-state index contributed by atoms with van der Waals surface area (Å²) in [6, 6.07) is 0. The van der Waals surface area contributed by atoms with Gasteiger partial charge in [0.25, 0.3) is 0 Å². The Kier molecular flexibility index (Phi) is 35.7. The van der Waals surface area contributed by atoms with E-state index in [1.54, 1.807) is 6.08 Å². The molecule has 0 radical (unpaired) electrons. The lowest BCUT2D eigenvalue weighted by Crippen LogP contribution is -2.64. The summed E-state index contributed by atoms with van der Waals surface area (Å²) in [7, 11) is -5.16. The fraction of sp³-hybridized carbons (Fsp3) is 0.714. The van der Waals surface area contributed by atoms with E-state index in [4.69, 9.17) is 18.5 Å². The summed E-state index contributed by atoms with van der Waals surface area (Å²) in [5.74, 6) is -1.39. The summed E-state index contributed by atoms with van der Waals surface area (Å²) >= 11 is 0. The fourth-order valence-electron chi connectivity index (χ4n) is 6.77. The van der Waals surface area contributed by atoms with Crippen LogP contribution in [0, 0.1) is 0 Å². The second-order valence-corrected chi connectivity index (χ2v) is 17.7. The third kappa shape index (κ3) is 31.0. The van der Waals surface area contributed by atoms with Crippen molar-refractivity contribution in [1.29, 1.82) is 0 Å². The summed E-state index contributed by atoms with van der Waals surface area (Å²) in [4.78, 5) is 35.6. The van der Waals surface area contributed by atoms with E-state index in [0.717, 1.165) is 70.3 Å². The number of ether oxygens (including phenoxy) is 2. The van der Waals surface area contributed by atoms with Crippen molar-refractivity contribution in [3.05, 3.63) is 72.9 Å². The van der Waals surface area contributed by atoms with Gasteiger partial charge in [-0.3, -0.25) is 13.8 Å². The van der Waals surface area contributed by atoms with Crippen LogP contribution >= 0.6 is 7.82 Å². The van der Waals surface area contributed by atoms with Crippen LogP contribution < -0.4 is 0 Å². The largest absolute Gasteiger partial charge is 0.472 e. The van der Waals surface area contributed by atoms with E-state index >= 15 is 0 Å². The number of phosphoric ester groups is 1. The fourth-order valence-corrected chi connectivity index (χ4v) is 7.74. The Balaban J connectivity index is 2.52. The molecule has 0 aliphatic heterocycles. The molecule has 13 nitrogen and oxygen atoms in total. The Labute approximate surface area is 378 Å². The van der Waals surface area contributed by atoms with Crippen LogP contribution in [0.2, 0.25) is 0 Å². The number of carbonyl (C=O) groups is 2. The minimum atomic E-state index is -5.16. The predicted octanol–water partition coefficient (Wildman–Crippen LogP) is 9.50. The molecular weight excluding hydrogens is 827 g/mol. The van der Waals surface area contributed by atoms with Crippen molar-refractivity contribution in [2.45, 2.75) is 211 Å². The summed E-state index contributed by atoms with van der Waals surface area (Å²) < 4.78 is 33.3. The van der Waals surface area contributed by atoms with Crippen LogP contribution in [0.1, 0.15) is 168 Å². The van der Waals surface area contributed by atoms with Gasteiger partial charge in [0.05, 0.1) is 6.61 Å². The standard InChI is InChI=1S/C49H83O13P/c1-3-5-7-9-11-13-15-17-19-20-21-22-24-25-27-29-31-33-35-37-42(50)59-39-41(40-60-63(57,58)62-49-47(55)45(53)44(52)46(54)48(49)56)61-43(51)38-36-34-32-30-28-26-23-18-16-14-12-10-8-6-4-2/h11,13,17,19,21-22,25,27,32,34,36,38,41,44-49,52-56H,3-10,12,14-16,18,20,23-24,26,28-31,33,35,37,39-40H2,1-2H3,(H,57,58)/b13-11+,19-17+,22-21+,27-25+,34-32+,38-36+/t41-,44?,45-,46?,47?,48?,49?/m0/s1. The minimum absolute atomic E-state index is 0.107. The van der Waals surface area contributed by atoms with Gasteiger partial charge in [-0.05, 0) is 64.2 Å². The molecule has 14 heteroatoms. The van der Waals surface area contributed by atoms with Gasteiger partial charge in [0.2, 0.25) is 0 Å². The number of allylic oxidation sites excluding steroid dienone is 11. The molecule has 0 aromatic heterocycles. The van der Waals surface area contributed by atoms with Gasteiger partial charge < -0.3 is 39.9 Å². The first-order valence-electron chi connectivity index (χ1n) is 23.8. The van der Waals surface area contributed by atoms with Crippen LogP contribution in [0.25, 0.3) is 0 Å². The smallest absolute Gasteiger partial charge is 0.462 e. The number of rotatable bonds is 38. The van der Waals surface area contributed by atoms with Gasteiger partial charge in [-0.15, -0.1) is 0 Å². The molecule has 0 amide bonds. The van der Waals surface area contributed by atoms with Gasteiger partial charge in [-0.1, -0.05) is 164 Å². The number of phosphoric acid groups is 1. The summed E-state index contributed by atoms with van der Waals surface area (Å²) in [6.45, 7) is 3.14. The molecule has 0 bridgehead atoms. The van der Waals surface area contributed by atoms with Crippen molar-refractivity contribution in [2.75, 3.05) is 13.2 Å². The van der Waals surface area contributed by atoms with Crippen molar-refractivity contribution >= 4 is 19.8 Å². The average molecular weight is 911 g/mol. The molecular formula is C49H83O13P. The van der Waals surface area contributed by atoms with Crippen LogP contribution in [0.15, 0.2) is 72.9 Å². The molecule has 8 atom stereocenters. The Morgan fingerprint density at radius 3 is 1.51 bits per heavy atom. The van der Waals surface area contributed by atoms with Crippen LogP contribution in [0.5, 0.6) is 0 Å². The molecule has 0 saturated heterocycles. The first-order chi connectivity index (χ1) is 30.4.